The molecule has 0 aliphatic heterocycles. The van der Waals surface area contributed by atoms with Gasteiger partial charge in [0.05, 0.1) is 6.10 Å². The molecule has 0 aliphatic carbocycles. The highest BCUT2D eigenvalue weighted by Gasteiger charge is 2.10. The molecule has 0 amide bonds. The van der Waals surface area contributed by atoms with Crippen LogP contribution in [-0.4, -0.2) is 28.4 Å². The minimum atomic E-state index is -1.44. The molecule has 1 rings (SSSR count). The summed E-state index contributed by atoms with van der Waals surface area (Å²) < 4.78 is 0. The number of hydrogen-bond acceptors (Lipinski definition) is 3. The Kier molecular flexibility index (Phi) is 3.48. The van der Waals surface area contributed by atoms with Gasteiger partial charge in [-0.1, -0.05) is 24.3 Å². The summed E-state index contributed by atoms with van der Waals surface area (Å²) in [6.07, 6.45) is 0.117. The standard InChI is InChI=1S/C9H13BO3/c1-7(11)5-8-3-2-4-9(6-8)10(12)13/h2-4,6-7,11-13H,5H2,1H3. The first-order chi connectivity index (χ1) is 6.09. The largest absolute Gasteiger partial charge is 0.488 e. The Morgan fingerprint density at radius 1 is 1.38 bits per heavy atom. The maximum Gasteiger partial charge on any atom is 0.488 e. The topological polar surface area (TPSA) is 60.7 Å². The Balaban J connectivity index is 2.79. The van der Waals surface area contributed by atoms with Gasteiger partial charge in [0.2, 0.25) is 0 Å². The first kappa shape index (κ1) is 10.2. The average Bonchev–Trinajstić information content (AvgIpc) is 2.03. The van der Waals surface area contributed by atoms with Crippen LogP contribution in [0.4, 0.5) is 0 Å². The molecule has 0 spiro atoms. The molecule has 3 nitrogen and oxygen atoms in total. The van der Waals surface area contributed by atoms with E-state index in [9.17, 15) is 0 Å². The van der Waals surface area contributed by atoms with Gasteiger partial charge in [0, 0.05) is 0 Å². The molecule has 0 aromatic heterocycles. The first-order valence-corrected chi connectivity index (χ1v) is 4.22. The lowest BCUT2D eigenvalue weighted by Crippen LogP contribution is -2.30. The summed E-state index contributed by atoms with van der Waals surface area (Å²) in [5.74, 6) is 0. The number of aliphatic hydroxyl groups is 1. The van der Waals surface area contributed by atoms with Crippen molar-refractivity contribution >= 4 is 12.6 Å². The maximum absolute atomic E-state index is 9.11. The van der Waals surface area contributed by atoms with Gasteiger partial charge in [0.15, 0.2) is 0 Å². The molecule has 1 aromatic carbocycles. The minimum absolute atomic E-state index is 0.411. The van der Waals surface area contributed by atoms with E-state index >= 15 is 0 Å². The van der Waals surface area contributed by atoms with E-state index in [1.54, 1.807) is 25.1 Å². The Morgan fingerprint density at radius 3 is 2.62 bits per heavy atom. The van der Waals surface area contributed by atoms with Crippen LogP contribution in [-0.2, 0) is 6.42 Å². The molecule has 0 heterocycles. The molecule has 0 bridgehead atoms. The highest BCUT2D eigenvalue weighted by Crippen LogP contribution is 2.01. The predicted octanol–water partition coefficient (Wildman–Crippen LogP) is -0.710. The molecular weight excluding hydrogens is 167 g/mol. The fraction of sp³-hybridized carbons (Fsp3) is 0.333. The first-order valence-electron chi connectivity index (χ1n) is 4.22. The zero-order valence-electron chi connectivity index (χ0n) is 7.51. The van der Waals surface area contributed by atoms with Crippen molar-refractivity contribution in [3.63, 3.8) is 0 Å². The third kappa shape index (κ3) is 3.18. The predicted molar refractivity (Wildman–Crippen MR) is 51.7 cm³/mol. The zero-order valence-corrected chi connectivity index (χ0v) is 7.51. The Labute approximate surface area is 77.8 Å². The zero-order chi connectivity index (χ0) is 9.84. The van der Waals surface area contributed by atoms with Gasteiger partial charge < -0.3 is 15.2 Å². The highest BCUT2D eigenvalue weighted by atomic mass is 16.4. The Bertz CT molecular complexity index is 273. The minimum Gasteiger partial charge on any atom is -0.423 e. The fourth-order valence-electron chi connectivity index (χ4n) is 1.22. The molecule has 1 aromatic rings. The van der Waals surface area contributed by atoms with Crippen LogP contribution in [0.25, 0.3) is 0 Å². The summed E-state index contributed by atoms with van der Waals surface area (Å²) >= 11 is 0. The average molecular weight is 180 g/mol. The summed E-state index contributed by atoms with van der Waals surface area (Å²) in [5, 5.41) is 26.9. The van der Waals surface area contributed by atoms with Crippen LogP contribution in [0.5, 0.6) is 0 Å². The van der Waals surface area contributed by atoms with Crippen molar-refractivity contribution in [3.05, 3.63) is 29.8 Å². The van der Waals surface area contributed by atoms with E-state index < -0.39 is 13.2 Å². The normalized spacial score (nSPS) is 12.6. The number of rotatable bonds is 3. The second-order valence-corrected chi connectivity index (χ2v) is 3.17. The van der Waals surface area contributed by atoms with E-state index in [0.29, 0.717) is 11.9 Å². The van der Waals surface area contributed by atoms with Crippen molar-refractivity contribution in [2.75, 3.05) is 0 Å². The maximum atomic E-state index is 9.11. The van der Waals surface area contributed by atoms with Crippen LogP contribution < -0.4 is 5.46 Å². The third-order valence-corrected chi connectivity index (χ3v) is 1.78. The van der Waals surface area contributed by atoms with E-state index in [4.69, 9.17) is 15.2 Å². The smallest absolute Gasteiger partial charge is 0.423 e. The molecule has 0 saturated carbocycles. The summed E-state index contributed by atoms with van der Waals surface area (Å²) in [5.41, 5.74) is 1.36. The summed E-state index contributed by atoms with van der Waals surface area (Å²) in [7, 11) is -1.44. The van der Waals surface area contributed by atoms with Crippen molar-refractivity contribution < 1.29 is 15.2 Å². The van der Waals surface area contributed by atoms with Crippen LogP contribution >= 0.6 is 0 Å². The third-order valence-electron chi connectivity index (χ3n) is 1.78. The van der Waals surface area contributed by atoms with Gasteiger partial charge >= 0.3 is 7.12 Å². The molecule has 0 aliphatic rings. The van der Waals surface area contributed by atoms with Gasteiger partial charge in [-0.3, -0.25) is 0 Å². The lowest BCUT2D eigenvalue weighted by molar-refractivity contribution is 0.195. The van der Waals surface area contributed by atoms with Crippen LogP contribution in [0.2, 0.25) is 0 Å². The van der Waals surface area contributed by atoms with E-state index in [2.05, 4.69) is 0 Å². The second kappa shape index (κ2) is 4.41. The van der Waals surface area contributed by atoms with E-state index in [0.717, 1.165) is 5.56 Å². The summed E-state index contributed by atoms with van der Waals surface area (Å²) in [4.78, 5) is 0. The molecule has 1 atom stereocenters. The molecule has 0 fully saturated rings. The molecule has 0 radical (unpaired) electrons. The summed E-state index contributed by atoms with van der Waals surface area (Å²) in [6, 6.07) is 6.90. The number of benzene rings is 1. The van der Waals surface area contributed by atoms with Crippen LogP contribution in [0.3, 0.4) is 0 Å². The van der Waals surface area contributed by atoms with Crippen molar-refractivity contribution in [1.82, 2.24) is 0 Å². The van der Waals surface area contributed by atoms with Gasteiger partial charge in [-0.15, -0.1) is 0 Å². The van der Waals surface area contributed by atoms with Crippen LogP contribution in [0.1, 0.15) is 12.5 Å². The number of aliphatic hydroxyl groups excluding tert-OH is 1. The van der Waals surface area contributed by atoms with E-state index in [-0.39, 0.29) is 0 Å². The highest BCUT2D eigenvalue weighted by molar-refractivity contribution is 6.58. The molecule has 3 N–H and O–H groups in total. The second-order valence-electron chi connectivity index (χ2n) is 3.17. The monoisotopic (exact) mass is 180 g/mol. The van der Waals surface area contributed by atoms with Gasteiger partial charge in [-0.25, -0.2) is 0 Å². The van der Waals surface area contributed by atoms with Crippen molar-refractivity contribution in [1.29, 1.82) is 0 Å². The number of hydrogen-bond donors (Lipinski definition) is 3. The Hall–Kier alpha value is -0.835. The van der Waals surface area contributed by atoms with Gasteiger partial charge in [0.25, 0.3) is 0 Å². The molecule has 13 heavy (non-hydrogen) atoms. The molecule has 70 valence electrons. The molecular formula is C9H13BO3. The van der Waals surface area contributed by atoms with Crippen LogP contribution in [0, 0.1) is 0 Å². The van der Waals surface area contributed by atoms with Gasteiger partial charge in [-0.05, 0) is 24.4 Å². The lowest BCUT2D eigenvalue weighted by Gasteiger charge is -2.06. The van der Waals surface area contributed by atoms with E-state index in [1.165, 1.54) is 0 Å². The lowest BCUT2D eigenvalue weighted by atomic mass is 9.79. The van der Waals surface area contributed by atoms with E-state index in [1.807, 2.05) is 6.07 Å². The SMILES string of the molecule is CC(O)Cc1cccc(B(O)O)c1. The Morgan fingerprint density at radius 2 is 2.08 bits per heavy atom. The quantitative estimate of drug-likeness (QED) is 0.538. The van der Waals surface area contributed by atoms with Gasteiger partial charge in [-0.2, -0.15) is 0 Å². The fourth-order valence-corrected chi connectivity index (χ4v) is 1.22. The van der Waals surface area contributed by atoms with Crippen molar-refractivity contribution in [2.45, 2.75) is 19.4 Å². The van der Waals surface area contributed by atoms with Crippen molar-refractivity contribution in [2.24, 2.45) is 0 Å². The van der Waals surface area contributed by atoms with Crippen molar-refractivity contribution in [3.8, 4) is 0 Å². The molecule has 1 unspecified atom stereocenters. The molecule has 4 heteroatoms. The van der Waals surface area contributed by atoms with Gasteiger partial charge in [0.1, 0.15) is 0 Å². The summed E-state index contributed by atoms with van der Waals surface area (Å²) in [6.45, 7) is 1.70. The van der Waals surface area contributed by atoms with Crippen LogP contribution in [0.15, 0.2) is 24.3 Å². The molecule has 0 saturated heterocycles.